The average Bonchev–Trinajstić information content (AvgIpc) is 3.10. The summed E-state index contributed by atoms with van der Waals surface area (Å²) in [5, 5.41) is 0. The van der Waals surface area contributed by atoms with Crippen molar-refractivity contribution >= 4 is 11.8 Å². The number of carbonyl (C=O) groups is 2. The number of nitrogens with zero attached hydrogens (tertiary/aromatic N) is 1. The van der Waals surface area contributed by atoms with E-state index in [1.54, 1.807) is 0 Å². The van der Waals surface area contributed by atoms with Crippen LogP contribution in [0.5, 0.6) is 0 Å². The van der Waals surface area contributed by atoms with Gasteiger partial charge in [0.25, 0.3) is 0 Å². The van der Waals surface area contributed by atoms with Crippen molar-refractivity contribution < 1.29 is 14.3 Å². The van der Waals surface area contributed by atoms with Crippen molar-refractivity contribution in [1.82, 2.24) is 4.90 Å². The summed E-state index contributed by atoms with van der Waals surface area (Å²) in [4.78, 5) is 31.1. The molecular formula is C41H43NO3. The highest BCUT2D eigenvalue weighted by Crippen LogP contribution is 2.61. The van der Waals surface area contributed by atoms with Crippen LogP contribution in [0.1, 0.15) is 78.5 Å². The van der Waals surface area contributed by atoms with Gasteiger partial charge >= 0.3 is 5.97 Å². The van der Waals surface area contributed by atoms with Gasteiger partial charge in [0.1, 0.15) is 12.0 Å². The maximum absolute atomic E-state index is 14.4. The van der Waals surface area contributed by atoms with Gasteiger partial charge in [0.2, 0.25) is 0 Å². The predicted octanol–water partition coefficient (Wildman–Crippen LogP) is 8.10. The first kappa shape index (κ1) is 29.7. The lowest BCUT2D eigenvalue weighted by Gasteiger charge is -2.62. The number of carbonyl (C=O) groups excluding carboxylic acids is 2. The maximum atomic E-state index is 14.4. The van der Waals surface area contributed by atoms with E-state index in [2.05, 4.69) is 65.6 Å². The third-order valence-corrected chi connectivity index (χ3v) is 10.8. The van der Waals surface area contributed by atoms with Crippen molar-refractivity contribution in [2.45, 2.75) is 74.3 Å². The molecule has 8 rings (SSSR count). The first-order valence-electron chi connectivity index (χ1n) is 16.8. The number of likely N-dealkylation sites (tertiary alicyclic amines) is 1. The molecule has 4 fully saturated rings. The number of hydrogen-bond donors (Lipinski definition) is 0. The molecule has 3 saturated carbocycles. The summed E-state index contributed by atoms with van der Waals surface area (Å²) in [6, 6.07) is 40.9. The second-order valence-corrected chi connectivity index (χ2v) is 13.4. The van der Waals surface area contributed by atoms with Gasteiger partial charge in [-0.05, 0) is 72.9 Å². The minimum Gasteiger partial charge on any atom is -0.461 e. The lowest BCUT2D eigenvalue weighted by Crippen LogP contribution is -2.64. The normalized spacial score (nSPS) is 27.0. The maximum Gasteiger partial charge on any atom is 0.321 e. The van der Waals surface area contributed by atoms with Crippen molar-refractivity contribution in [1.29, 1.82) is 0 Å². The lowest BCUT2D eigenvalue weighted by atomic mass is 9.51. The monoisotopic (exact) mass is 597 g/mol. The van der Waals surface area contributed by atoms with E-state index in [1.165, 1.54) is 30.4 Å². The van der Waals surface area contributed by atoms with Crippen LogP contribution < -0.4 is 0 Å². The molecule has 0 aromatic heterocycles. The van der Waals surface area contributed by atoms with Crippen LogP contribution in [0.4, 0.5) is 0 Å². The molecule has 0 amide bonds. The van der Waals surface area contributed by atoms with Gasteiger partial charge in [-0.3, -0.25) is 14.5 Å². The van der Waals surface area contributed by atoms with Crippen LogP contribution in [0.3, 0.4) is 0 Å². The quantitative estimate of drug-likeness (QED) is 0.145. The van der Waals surface area contributed by atoms with E-state index in [-0.39, 0.29) is 41.6 Å². The van der Waals surface area contributed by atoms with E-state index in [9.17, 15) is 9.59 Å². The van der Waals surface area contributed by atoms with Crippen molar-refractivity contribution in [3.63, 3.8) is 0 Å². The fourth-order valence-electron chi connectivity index (χ4n) is 8.82. The topological polar surface area (TPSA) is 46.6 Å². The second-order valence-electron chi connectivity index (χ2n) is 13.4. The van der Waals surface area contributed by atoms with Gasteiger partial charge in [0.05, 0.1) is 0 Å². The first-order chi connectivity index (χ1) is 22.1. The Balaban J connectivity index is 1.27. The minimum absolute atomic E-state index is 0.0581. The third-order valence-electron chi connectivity index (χ3n) is 10.8. The van der Waals surface area contributed by atoms with Gasteiger partial charge in [-0.15, -0.1) is 0 Å². The highest BCUT2D eigenvalue weighted by Gasteiger charge is 2.59. The molecule has 45 heavy (non-hydrogen) atoms. The lowest BCUT2D eigenvalue weighted by molar-refractivity contribution is -0.172. The zero-order chi connectivity index (χ0) is 30.6. The SMILES string of the molecule is O=C(Cc1ccccc1)C(C(=O)O[C@@H]1CC2(N3CCCCC3)C[C@@H](c3ccccc3)C1[C@H](c1ccccc1)C2)c1ccccc1. The Morgan fingerprint density at radius 1 is 0.667 bits per heavy atom. The predicted molar refractivity (Wildman–Crippen MR) is 178 cm³/mol. The smallest absolute Gasteiger partial charge is 0.321 e. The third kappa shape index (κ3) is 6.13. The van der Waals surface area contributed by atoms with Crippen LogP contribution in [0.25, 0.3) is 0 Å². The van der Waals surface area contributed by atoms with Crippen molar-refractivity contribution in [2.75, 3.05) is 13.1 Å². The summed E-state index contributed by atoms with van der Waals surface area (Å²) in [7, 11) is 0. The highest BCUT2D eigenvalue weighted by atomic mass is 16.5. The van der Waals surface area contributed by atoms with Gasteiger partial charge in [0, 0.05) is 24.3 Å². The van der Waals surface area contributed by atoms with Crippen LogP contribution in [0, 0.1) is 5.92 Å². The number of hydrogen-bond acceptors (Lipinski definition) is 4. The molecule has 4 nitrogen and oxygen atoms in total. The average molecular weight is 598 g/mol. The molecular weight excluding hydrogens is 554 g/mol. The molecule has 4 heteroatoms. The van der Waals surface area contributed by atoms with Crippen LogP contribution in [0.2, 0.25) is 0 Å². The van der Waals surface area contributed by atoms with Crippen molar-refractivity contribution in [3.8, 4) is 0 Å². The number of ketones is 1. The molecule has 1 unspecified atom stereocenters. The molecule has 4 atom stereocenters. The minimum atomic E-state index is -0.955. The zero-order valence-electron chi connectivity index (χ0n) is 26.0. The number of piperidine rings is 1. The molecule has 0 radical (unpaired) electrons. The number of fused-ring (bicyclic) bond motifs is 3. The standard InChI is InChI=1S/C41H43NO3/c43-36(26-30-16-6-1-7-17-30)38(33-22-12-4-13-23-33)40(44)45-37-29-41(42-24-14-5-15-25-42)27-34(31-18-8-2-9-19-31)39(37)35(28-41)32-20-10-3-11-21-32/h1-4,6-13,16-23,34-35,37-39H,5,14-15,24-29H2/t34-,35-,37+,38?,39?,41?/m0/s1. The summed E-state index contributed by atoms with van der Waals surface area (Å²) >= 11 is 0. The van der Waals surface area contributed by atoms with Gasteiger partial charge in [-0.25, -0.2) is 0 Å². The Morgan fingerprint density at radius 3 is 1.73 bits per heavy atom. The zero-order valence-corrected chi connectivity index (χ0v) is 26.0. The summed E-state index contributed by atoms with van der Waals surface area (Å²) in [5.74, 6) is -0.840. The second kappa shape index (κ2) is 13.1. The van der Waals surface area contributed by atoms with E-state index in [0.29, 0.717) is 5.56 Å². The van der Waals surface area contributed by atoms with E-state index in [0.717, 1.165) is 37.9 Å². The van der Waals surface area contributed by atoms with E-state index in [1.807, 2.05) is 60.7 Å². The van der Waals surface area contributed by atoms with E-state index >= 15 is 0 Å². The Bertz CT molecular complexity index is 1520. The molecule has 230 valence electrons. The Labute approximate surface area is 267 Å². The molecule has 2 bridgehead atoms. The molecule has 3 aliphatic carbocycles. The number of ether oxygens (including phenoxy) is 1. The summed E-state index contributed by atoms with van der Waals surface area (Å²) in [6.07, 6.45) is 6.60. The fraction of sp³-hybridized carbons (Fsp3) is 0.366. The summed E-state index contributed by atoms with van der Waals surface area (Å²) < 4.78 is 6.73. The van der Waals surface area contributed by atoms with Crippen molar-refractivity contribution in [3.05, 3.63) is 144 Å². The molecule has 0 spiro atoms. The number of Topliss-reactive ketones (excluding diaryl/α,β-unsaturated/α-hetero) is 1. The largest absolute Gasteiger partial charge is 0.461 e. The van der Waals surface area contributed by atoms with Gasteiger partial charge in [-0.1, -0.05) is 128 Å². The molecule has 1 aliphatic heterocycles. The van der Waals surface area contributed by atoms with E-state index < -0.39 is 11.9 Å². The van der Waals surface area contributed by atoms with Crippen LogP contribution in [-0.2, 0) is 20.7 Å². The molecule has 0 N–H and O–H groups in total. The molecule has 1 heterocycles. The Hall–Kier alpha value is -4.02. The Morgan fingerprint density at radius 2 is 1.18 bits per heavy atom. The Kier molecular flexibility index (Phi) is 8.67. The molecule has 4 aromatic rings. The number of benzene rings is 4. The summed E-state index contributed by atoms with van der Waals surface area (Å²) in [5.41, 5.74) is 4.20. The van der Waals surface area contributed by atoms with E-state index in [4.69, 9.17) is 4.74 Å². The number of rotatable bonds is 9. The van der Waals surface area contributed by atoms with Crippen LogP contribution in [-0.4, -0.2) is 41.4 Å². The molecule has 4 aromatic carbocycles. The molecule has 4 aliphatic rings. The first-order valence-corrected chi connectivity index (χ1v) is 16.8. The number of esters is 1. The summed E-state index contributed by atoms with van der Waals surface area (Å²) in [6.45, 7) is 2.19. The van der Waals surface area contributed by atoms with Crippen LogP contribution >= 0.6 is 0 Å². The van der Waals surface area contributed by atoms with Gasteiger partial charge in [-0.2, -0.15) is 0 Å². The highest BCUT2D eigenvalue weighted by molar-refractivity contribution is 6.05. The fourth-order valence-corrected chi connectivity index (χ4v) is 8.82. The van der Waals surface area contributed by atoms with Gasteiger partial charge < -0.3 is 4.74 Å². The molecule has 1 saturated heterocycles. The van der Waals surface area contributed by atoms with Gasteiger partial charge in [0.15, 0.2) is 5.78 Å². The van der Waals surface area contributed by atoms with Crippen LogP contribution in [0.15, 0.2) is 121 Å². The van der Waals surface area contributed by atoms with Crippen molar-refractivity contribution in [2.24, 2.45) is 5.92 Å².